The Labute approximate surface area is 120 Å². The van der Waals surface area contributed by atoms with Crippen LogP contribution in [0.3, 0.4) is 0 Å². The molecular weight excluding hydrogens is 278 g/mol. The van der Waals surface area contributed by atoms with Gasteiger partial charge in [0.05, 0.1) is 5.75 Å². The molecular formula is C13H23N3O3S. The number of urea groups is 1. The Morgan fingerprint density at radius 2 is 2.15 bits per heavy atom. The first-order chi connectivity index (χ1) is 9.28. The molecule has 0 unspecified atom stereocenters. The molecule has 1 aromatic heterocycles. The highest BCUT2D eigenvalue weighted by Gasteiger charge is 2.09. The van der Waals surface area contributed by atoms with E-state index in [0.717, 1.165) is 19.1 Å². The van der Waals surface area contributed by atoms with E-state index in [4.69, 9.17) is 0 Å². The fourth-order valence-electron chi connectivity index (χ4n) is 1.82. The molecule has 0 bridgehead atoms. The van der Waals surface area contributed by atoms with Gasteiger partial charge in [0.2, 0.25) is 0 Å². The minimum atomic E-state index is -3.04. The number of rotatable bonds is 7. The summed E-state index contributed by atoms with van der Waals surface area (Å²) in [6.07, 6.45) is 4.85. The van der Waals surface area contributed by atoms with Crippen LogP contribution in [-0.2, 0) is 23.3 Å². The Balaban J connectivity index is 2.23. The normalized spacial score (nSPS) is 12.9. The fourth-order valence-corrected chi connectivity index (χ4v) is 2.29. The van der Waals surface area contributed by atoms with Crippen molar-refractivity contribution in [2.75, 3.05) is 18.6 Å². The van der Waals surface area contributed by atoms with E-state index in [9.17, 15) is 13.2 Å². The first-order valence-corrected chi connectivity index (χ1v) is 8.66. The molecule has 1 atom stereocenters. The first-order valence-electron chi connectivity index (χ1n) is 6.60. The zero-order valence-electron chi connectivity index (χ0n) is 12.2. The maximum Gasteiger partial charge on any atom is 0.315 e. The lowest BCUT2D eigenvalue weighted by Gasteiger charge is -2.14. The molecule has 0 aliphatic carbocycles. The number of hydrogen-bond acceptors (Lipinski definition) is 3. The van der Waals surface area contributed by atoms with Crippen molar-refractivity contribution in [3.05, 3.63) is 24.0 Å². The van der Waals surface area contributed by atoms with Crippen molar-refractivity contribution in [1.82, 2.24) is 15.2 Å². The van der Waals surface area contributed by atoms with Gasteiger partial charge in [0.25, 0.3) is 0 Å². The van der Waals surface area contributed by atoms with Gasteiger partial charge < -0.3 is 15.2 Å². The largest absolute Gasteiger partial charge is 0.354 e. The highest BCUT2D eigenvalue weighted by atomic mass is 32.2. The predicted octanol–water partition coefficient (Wildman–Crippen LogP) is 0.690. The number of carbonyl (C=O) groups excluding carboxylic acids is 1. The molecule has 2 amide bonds. The van der Waals surface area contributed by atoms with Crippen molar-refractivity contribution < 1.29 is 13.2 Å². The number of aromatic nitrogens is 1. The molecule has 0 radical (unpaired) electrons. The maximum atomic E-state index is 11.5. The fraction of sp³-hybridized carbons (Fsp3) is 0.615. The Kier molecular flexibility index (Phi) is 6.06. The Morgan fingerprint density at radius 1 is 1.45 bits per heavy atom. The number of nitrogens with one attached hydrogen (secondary N) is 2. The second-order valence-corrected chi connectivity index (χ2v) is 7.34. The van der Waals surface area contributed by atoms with Gasteiger partial charge in [-0.15, -0.1) is 0 Å². The van der Waals surface area contributed by atoms with E-state index < -0.39 is 9.84 Å². The average Bonchev–Trinajstić information content (AvgIpc) is 2.70. The Hall–Kier alpha value is -1.50. The van der Waals surface area contributed by atoms with Crippen LogP contribution in [0.2, 0.25) is 0 Å². The molecule has 0 spiro atoms. The maximum absolute atomic E-state index is 11.5. The molecule has 0 saturated carbocycles. The van der Waals surface area contributed by atoms with E-state index in [2.05, 4.69) is 21.3 Å². The molecule has 2 N–H and O–H groups in total. The second-order valence-electron chi connectivity index (χ2n) is 5.08. The monoisotopic (exact) mass is 301 g/mol. The van der Waals surface area contributed by atoms with Crippen molar-refractivity contribution in [2.45, 2.75) is 25.8 Å². The molecule has 1 rings (SSSR count). The van der Waals surface area contributed by atoms with E-state index >= 15 is 0 Å². The van der Waals surface area contributed by atoms with E-state index in [1.807, 2.05) is 26.2 Å². The van der Waals surface area contributed by atoms with Gasteiger partial charge in [0, 0.05) is 37.8 Å². The minimum absolute atomic E-state index is 0.0307. The van der Waals surface area contributed by atoms with Crippen molar-refractivity contribution in [2.24, 2.45) is 7.05 Å². The van der Waals surface area contributed by atoms with Gasteiger partial charge in [-0.1, -0.05) is 0 Å². The summed E-state index contributed by atoms with van der Waals surface area (Å²) in [5, 5.41) is 5.33. The number of sulfone groups is 1. The molecule has 0 aliphatic heterocycles. The summed E-state index contributed by atoms with van der Waals surface area (Å²) in [6.45, 7) is 2.06. The standard InChI is InChI=1S/C13H23N3O3S/c1-11(6-7-12-5-4-9-16(12)2)15-13(17)14-8-10-20(3,18)19/h4-5,9,11H,6-8,10H2,1-3H3,(H2,14,15,17)/t11-/m1/s1. The summed E-state index contributed by atoms with van der Waals surface area (Å²) in [4.78, 5) is 11.5. The van der Waals surface area contributed by atoms with Crippen LogP contribution in [0.15, 0.2) is 18.3 Å². The van der Waals surface area contributed by atoms with Crippen molar-refractivity contribution in [3.8, 4) is 0 Å². The number of aryl methyl sites for hydroxylation is 2. The molecule has 0 saturated heterocycles. The summed E-state index contributed by atoms with van der Waals surface area (Å²) in [6, 6.07) is 3.75. The number of hydrogen-bond donors (Lipinski definition) is 2. The molecule has 0 aliphatic rings. The molecule has 0 aromatic carbocycles. The van der Waals surface area contributed by atoms with Crippen LogP contribution in [0, 0.1) is 0 Å². The van der Waals surface area contributed by atoms with Gasteiger partial charge in [-0.2, -0.15) is 0 Å². The zero-order chi connectivity index (χ0) is 15.2. The highest BCUT2D eigenvalue weighted by Crippen LogP contribution is 2.05. The lowest BCUT2D eigenvalue weighted by molar-refractivity contribution is 0.238. The van der Waals surface area contributed by atoms with Crippen LogP contribution in [0.1, 0.15) is 19.0 Å². The van der Waals surface area contributed by atoms with Gasteiger partial charge >= 0.3 is 6.03 Å². The van der Waals surface area contributed by atoms with Crippen molar-refractivity contribution in [1.29, 1.82) is 0 Å². The van der Waals surface area contributed by atoms with Gasteiger partial charge in [-0.3, -0.25) is 0 Å². The van der Waals surface area contributed by atoms with Crippen LogP contribution in [0.4, 0.5) is 4.79 Å². The van der Waals surface area contributed by atoms with E-state index in [1.165, 1.54) is 5.69 Å². The van der Waals surface area contributed by atoms with Gasteiger partial charge in [0.1, 0.15) is 9.84 Å². The summed E-state index contributed by atoms with van der Waals surface area (Å²) in [5.41, 5.74) is 1.22. The second kappa shape index (κ2) is 7.33. The van der Waals surface area contributed by atoms with Gasteiger partial charge in [0.15, 0.2) is 0 Å². The van der Waals surface area contributed by atoms with Crippen LogP contribution in [-0.4, -0.2) is 43.6 Å². The highest BCUT2D eigenvalue weighted by molar-refractivity contribution is 7.90. The third-order valence-electron chi connectivity index (χ3n) is 3.02. The van der Waals surface area contributed by atoms with E-state index in [1.54, 1.807) is 0 Å². The first kappa shape index (κ1) is 16.6. The molecule has 114 valence electrons. The van der Waals surface area contributed by atoms with Crippen LogP contribution < -0.4 is 10.6 Å². The third-order valence-corrected chi connectivity index (χ3v) is 3.97. The number of amides is 2. The lowest BCUT2D eigenvalue weighted by atomic mass is 10.1. The molecule has 1 aromatic rings. The molecule has 1 heterocycles. The van der Waals surface area contributed by atoms with Crippen LogP contribution >= 0.6 is 0 Å². The number of nitrogens with zero attached hydrogens (tertiary/aromatic N) is 1. The van der Waals surface area contributed by atoms with Crippen LogP contribution in [0.5, 0.6) is 0 Å². The van der Waals surface area contributed by atoms with Crippen molar-refractivity contribution in [3.63, 3.8) is 0 Å². The van der Waals surface area contributed by atoms with Crippen molar-refractivity contribution >= 4 is 15.9 Å². The third kappa shape index (κ3) is 6.60. The zero-order valence-corrected chi connectivity index (χ0v) is 13.0. The molecule has 6 nitrogen and oxygen atoms in total. The lowest BCUT2D eigenvalue weighted by Crippen LogP contribution is -2.42. The smallest absolute Gasteiger partial charge is 0.315 e. The average molecular weight is 301 g/mol. The molecule has 20 heavy (non-hydrogen) atoms. The quantitative estimate of drug-likeness (QED) is 0.777. The van der Waals surface area contributed by atoms with Gasteiger partial charge in [-0.05, 0) is 31.9 Å². The van der Waals surface area contributed by atoms with Gasteiger partial charge in [-0.25, -0.2) is 13.2 Å². The predicted molar refractivity (Wildman–Crippen MR) is 79.4 cm³/mol. The Morgan fingerprint density at radius 3 is 2.70 bits per heavy atom. The van der Waals surface area contributed by atoms with E-state index in [0.29, 0.717) is 0 Å². The summed E-state index contributed by atoms with van der Waals surface area (Å²) < 4.78 is 23.9. The van der Waals surface area contributed by atoms with Crippen LogP contribution in [0.25, 0.3) is 0 Å². The molecule has 0 fully saturated rings. The number of carbonyl (C=O) groups is 1. The molecule has 7 heteroatoms. The topological polar surface area (TPSA) is 80.2 Å². The Bertz CT molecular complexity index is 537. The SMILES string of the molecule is C[C@H](CCc1cccn1C)NC(=O)NCCS(C)(=O)=O. The summed E-state index contributed by atoms with van der Waals surface area (Å²) >= 11 is 0. The summed E-state index contributed by atoms with van der Waals surface area (Å²) in [5.74, 6) is -0.0435. The van der Waals surface area contributed by atoms with E-state index in [-0.39, 0.29) is 24.4 Å². The minimum Gasteiger partial charge on any atom is -0.354 e. The summed E-state index contributed by atoms with van der Waals surface area (Å²) in [7, 11) is -1.05.